The van der Waals surface area contributed by atoms with Gasteiger partial charge in [-0.3, -0.25) is 9.59 Å². The number of aryl methyl sites for hydroxylation is 1. The molecule has 0 spiro atoms. The number of amides is 2. The van der Waals surface area contributed by atoms with Crippen molar-refractivity contribution in [3.05, 3.63) is 47.0 Å². The largest absolute Gasteiger partial charge is 0.354 e. The van der Waals surface area contributed by atoms with E-state index < -0.39 is 0 Å². The highest BCUT2D eigenvalue weighted by molar-refractivity contribution is 5.96. The molecule has 0 unspecified atom stereocenters. The molecular formula is C18H24N2O2. The summed E-state index contributed by atoms with van der Waals surface area (Å²) in [5, 5.41) is 5.50. The van der Waals surface area contributed by atoms with E-state index in [-0.39, 0.29) is 18.4 Å². The summed E-state index contributed by atoms with van der Waals surface area (Å²) in [6, 6.07) is 7.32. The van der Waals surface area contributed by atoms with E-state index in [1.54, 1.807) is 6.07 Å². The van der Waals surface area contributed by atoms with Crippen molar-refractivity contribution in [1.29, 1.82) is 0 Å². The molecule has 1 aromatic rings. The molecule has 2 rings (SSSR count). The average Bonchev–Trinajstić information content (AvgIpc) is 2.53. The van der Waals surface area contributed by atoms with E-state index in [4.69, 9.17) is 0 Å². The standard InChI is InChI=1S/C18H24N2O2/c1-14-6-5-9-16(12-14)18(22)20-13-17(21)19-11-10-15-7-3-2-4-8-15/h5-7,9,12H,2-4,8,10-11,13H2,1H3,(H,19,21)(H,20,22). The van der Waals surface area contributed by atoms with Gasteiger partial charge in [0.25, 0.3) is 5.91 Å². The third-order valence-corrected chi connectivity index (χ3v) is 3.84. The van der Waals surface area contributed by atoms with Crippen molar-refractivity contribution in [3.8, 4) is 0 Å². The highest BCUT2D eigenvalue weighted by Crippen LogP contribution is 2.19. The number of carbonyl (C=O) groups is 2. The van der Waals surface area contributed by atoms with Crippen molar-refractivity contribution in [2.75, 3.05) is 13.1 Å². The Morgan fingerprint density at radius 3 is 2.77 bits per heavy atom. The number of rotatable bonds is 6. The van der Waals surface area contributed by atoms with Crippen LogP contribution in [-0.2, 0) is 4.79 Å². The van der Waals surface area contributed by atoms with Crippen LogP contribution in [-0.4, -0.2) is 24.9 Å². The molecule has 2 amide bonds. The zero-order valence-electron chi connectivity index (χ0n) is 13.2. The lowest BCUT2D eigenvalue weighted by Crippen LogP contribution is -2.37. The summed E-state index contributed by atoms with van der Waals surface area (Å²) in [6.07, 6.45) is 8.05. The monoisotopic (exact) mass is 300 g/mol. The summed E-state index contributed by atoms with van der Waals surface area (Å²) in [4.78, 5) is 23.7. The van der Waals surface area contributed by atoms with Crippen molar-refractivity contribution in [1.82, 2.24) is 10.6 Å². The maximum atomic E-state index is 11.9. The van der Waals surface area contributed by atoms with Crippen LogP contribution in [0, 0.1) is 6.92 Å². The molecule has 4 nitrogen and oxygen atoms in total. The highest BCUT2D eigenvalue weighted by Gasteiger charge is 2.08. The van der Waals surface area contributed by atoms with Gasteiger partial charge in [0.1, 0.15) is 0 Å². The molecule has 0 aromatic heterocycles. The molecule has 0 heterocycles. The van der Waals surface area contributed by atoms with Crippen LogP contribution in [0.4, 0.5) is 0 Å². The number of hydrogen-bond acceptors (Lipinski definition) is 2. The van der Waals surface area contributed by atoms with E-state index in [0.717, 1.165) is 24.8 Å². The van der Waals surface area contributed by atoms with Gasteiger partial charge in [0.2, 0.25) is 5.91 Å². The fraction of sp³-hybridized carbons (Fsp3) is 0.444. The molecule has 0 aliphatic heterocycles. The lowest BCUT2D eigenvalue weighted by Gasteiger charge is -2.13. The van der Waals surface area contributed by atoms with Gasteiger partial charge in [0.05, 0.1) is 6.54 Å². The summed E-state index contributed by atoms with van der Waals surface area (Å²) in [5.41, 5.74) is 3.05. The van der Waals surface area contributed by atoms with Gasteiger partial charge in [-0.2, -0.15) is 0 Å². The van der Waals surface area contributed by atoms with Crippen molar-refractivity contribution < 1.29 is 9.59 Å². The zero-order valence-corrected chi connectivity index (χ0v) is 13.2. The van der Waals surface area contributed by atoms with E-state index in [0.29, 0.717) is 12.1 Å². The smallest absolute Gasteiger partial charge is 0.251 e. The van der Waals surface area contributed by atoms with Crippen LogP contribution >= 0.6 is 0 Å². The molecule has 2 N–H and O–H groups in total. The molecule has 0 saturated carbocycles. The highest BCUT2D eigenvalue weighted by atomic mass is 16.2. The van der Waals surface area contributed by atoms with E-state index in [9.17, 15) is 9.59 Å². The van der Waals surface area contributed by atoms with Crippen molar-refractivity contribution >= 4 is 11.8 Å². The molecule has 0 bridgehead atoms. The van der Waals surface area contributed by atoms with Crippen LogP contribution in [0.1, 0.15) is 48.0 Å². The number of nitrogens with one attached hydrogen (secondary N) is 2. The predicted molar refractivity (Wildman–Crippen MR) is 87.7 cm³/mol. The second-order valence-electron chi connectivity index (χ2n) is 5.76. The van der Waals surface area contributed by atoms with Crippen molar-refractivity contribution in [3.63, 3.8) is 0 Å². The third-order valence-electron chi connectivity index (χ3n) is 3.84. The molecule has 1 aliphatic carbocycles. The Hall–Kier alpha value is -2.10. The first kappa shape index (κ1) is 16.3. The van der Waals surface area contributed by atoms with E-state index in [1.165, 1.54) is 18.4 Å². The number of benzene rings is 1. The Labute approximate surface area is 132 Å². The predicted octanol–water partition coefficient (Wildman–Crippen LogP) is 2.73. The molecule has 0 fully saturated rings. The van der Waals surface area contributed by atoms with Gasteiger partial charge < -0.3 is 10.6 Å². The fourth-order valence-corrected chi connectivity index (χ4v) is 2.61. The average molecular weight is 300 g/mol. The van der Waals surface area contributed by atoms with Gasteiger partial charge in [-0.15, -0.1) is 0 Å². The number of carbonyl (C=O) groups excluding carboxylic acids is 2. The second-order valence-corrected chi connectivity index (χ2v) is 5.76. The summed E-state index contributed by atoms with van der Waals surface area (Å²) >= 11 is 0. The SMILES string of the molecule is Cc1cccc(C(=O)NCC(=O)NCCC2=CCCCC2)c1. The van der Waals surface area contributed by atoms with Gasteiger partial charge in [-0.1, -0.05) is 29.3 Å². The third kappa shape index (κ3) is 5.35. The molecule has 22 heavy (non-hydrogen) atoms. The Morgan fingerprint density at radius 1 is 1.18 bits per heavy atom. The molecule has 4 heteroatoms. The van der Waals surface area contributed by atoms with Gasteiger partial charge in [-0.25, -0.2) is 0 Å². The Kier molecular flexibility index (Phi) is 6.19. The summed E-state index contributed by atoms with van der Waals surface area (Å²) in [6.45, 7) is 2.60. The normalized spacial score (nSPS) is 14.1. The van der Waals surface area contributed by atoms with Crippen LogP contribution in [0.5, 0.6) is 0 Å². The molecular weight excluding hydrogens is 276 g/mol. The Balaban J connectivity index is 1.67. The number of hydrogen-bond donors (Lipinski definition) is 2. The first-order valence-electron chi connectivity index (χ1n) is 7.94. The van der Waals surface area contributed by atoms with Crippen LogP contribution < -0.4 is 10.6 Å². The minimum absolute atomic E-state index is 0.0197. The molecule has 0 radical (unpaired) electrons. The minimum atomic E-state index is -0.214. The Bertz CT molecular complexity index is 564. The molecule has 1 aliphatic rings. The minimum Gasteiger partial charge on any atom is -0.354 e. The maximum absolute atomic E-state index is 11.9. The fourth-order valence-electron chi connectivity index (χ4n) is 2.61. The molecule has 0 atom stereocenters. The topological polar surface area (TPSA) is 58.2 Å². The lowest BCUT2D eigenvalue weighted by atomic mass is 9.97. The van der Waals surface area contributed by atoms with Gasteiger partial charge in [0.15, 0.2) is 0 Å². The van der Waals surface area contributed by atoms with Gasteiger partial charge in [-0.05, 0) is 51.2 Å². The molecule has 1 aromatic carbocycles. The van der Waals surface area contributed by atoms with Crippen LogP contribution in [0.2, 0.25) is 0 Å². The maximum Gasteiger partial charge on any atom is 0.251 e. The summed E-state index contributed by atoms with van der Waals surface area (Å²) < 4.78 is 0. The van der Waals surface area contributed by atoms with Crippen molar-refractivity contribution in [2.24, 2.45) is 0 Å². The Morgan fingerprint density at radius 2 is 2.05 bits per heavy atom. The molecule has 118 valence electrons. The zero-order chi connectivity index (χ0) is 15.8. The second kappa shape index (κ2) is 8.37. The van der Waals surface area contributed by atoms with Gasteiger partial charge in [0, 0.05) is 12.1 Å². The van der Waals surface area contributed by atoms with Crippen molar-refractivity contribution in [2.45, 2.75) is 39.0 Å². The lowest BCUT2D eigenvalue weighted by molar-refractivity contribution is -0.120. The summed E-state index contributed by atoms with van der Waals surface area (Å²) in [7, 11) is 0. The van der Waals surface area contributed by atoms with E-state index >= 15 is 0 Å². The van der Waals surface area contributed by atoms with Crippen LogP contribution in [0.3, 0.4) is 0 Å². The first-order valence-corrected chi connectivity index (χ1v) is 7.94. The first-order chi connectivity index (χ1) is 10.6. The van der Waals surface area contributed by atoms with Gasteiger partial charge >= 0.3 is 0 Å². The van der Waals surface area contributed by atoms with Crippen LogP contribution in [0.15, 0.2) is 35.9 Å². The van der Waals surface area contributed by atoms with E-state index in [2.05, 4.69) is 16.7 Å². The quantitative estimate of drug-likeness (QED) is 0.794. The number of allylic oxidation sites excluding steroid dienone is 1. The van der Waals surface area contributed by atoms with Crippen LogP contribution in [0.25, 0.3) is 0 Å². The summed E-state index contributed by atoms with van der Waals surface area (Å²) in [5.74, 6) is -0.355. The molecule has 0 saturated heterocycles. The van der Waals surface area contributed by atoms with E-state index in [1.807, 2.05) is 25.1 Å².